The molecule has 0 saturated carbocycles. The summed E-state index contributed by atoms with van der Waals surface area (Å²) in [5.41, 5.74) is 4.08. The van der Waals surface area contributed by atoms with E-state index in [1.165, 1.54) is 11.1 Å². The molecule has 0 aliphatic carbocycles. The van der Waals surface area contributed by atoms with E-state index in [0.29, 0.717) is 6.61 Å². The van der Waals surface area contributed by atoms with Gasteiger partial charge in [0, 0.05) is 25.5 Å². The minimum absolute atomic E-state index is 0.189. The third kappa shape index (κ3) is 3.64. The molecule has 0 unspecified atom stereocenters. The number of piperidine rings is 1. The van der Waals surface area contributed by atoms with Crippen LogP contribution in [0.1, 0.15) is 29.5 Å². The van der Waals surface area contributed by atoms with Gasteiger partial charge in [0.2, 0.25) is 0 Å². The molecule has 148 valence electrons. The van der Waals surface area contributed by atoms with Gasteiger partial charge in [-0.2, -0.15) is 5.26 Å². The maximum atomic E-state index is 12.7. The highest BCUT2D eigenvalue weighted by Crippen LogP contribution is 2.31. The van der Waals surface area contributed by atoms with Gasteiger partial charge >= 0.3 is 0 Å². The van der Waals surface area contributed by atoms with Gasteiger partial charge in [-0.3, -0.25) is 4.79 Å². The quantitative estimate of drug-likeness (QED) is 0.681. The maximum Gasteiger partial charge on any atom is 0.270 e. The average Bonchev–Trinajstić information content (AvgIpc) is 2.76. The van der Waals surface area contributed by atoms with Crippen molar-refractivity contribution in [1.29, 1.82) is 5.26 Å². The van der Waals surface area contributed by atoms with E-state index in [2.05, 4.69) is 30.0 Å². The van der Waals surface area contributed by atoms with Crippen LogP contribution in [-0.4, -0.2) is 23.8 Å². The van der Waals surface area contributed by atoms with E-state index in [9.17, 15) is 10.1 Å². The molecule has 2 aromatic carbocycles. The number of nitrogens with zero attached hydrogens (tertiary/aromatic N) is 3. The van der Waals surface area contributed by atoms with Crippen LogP contribution in [0.25, 0.3) is 10.9 Å². The van der Waals surface area contributed by atoms with Gasteiger partial charge in [-0.05, 0) is 37.0 Å². The average molecular weight is 387 g/mol. The Morgan fingerprint density at radius 1 is 1.10 bits per heavy atom. The van der Waals surface area contributed by atoms with Crippen molar-refractivity contribution < 1.29 is 4.74 Å². The molecule has 0 amide bonds. The van der Waals surface area contributed by atoms with Crippen molar-refractivity contribution in [3.05, 3.63) is 75.6 Å². The molecule has 1 aliphatic heterocycles. The minimum Gasteiger partial charge on any atom is -0.373 e. The summed E-state index contributed by atoms with van der Waals surface area (Å²) < 4.78 is 7.73. The first-order valence-corrected chi connectivity index (χ1v) is 10.0. The lowest BCUT2D eigenvalue weighted by atomic mass is 10.0. The zero-order valence-electron chi connectivity index (χ0n) is 16.9. The summed E-state index contributed by atoms with van der Waals surface area (Å²) in [5.74, 6) is 0. The van der Waals surface area contributed by atoms with Crippen molar-refractivity contribution in [3.8, 4) is 6.07 Å². The van der Waals surface area contributed by atoms with Gasteiger partial charge in [0.05, 0.1) is 23.9 Å². The van der Waals surface area contributed by atoms with Crippen molar-refractivity contribution in [2.75, 3.05) is 18.0 Å². The van der Waals surface area contributed by atoms with E-state index in [0.717, 1.165) is 42.5 Å². The molecule has 1 aliphatic rings. The Balaban J connectivity index is 1.54. The first-order valence-electron chi connectivity index (χ1n) is 10.0. The topological polar surface area (TPSA) is 58.3 Å². The predicted molar refractivity (Wildman–Crippen MR) is 115 cm³/mol. The number of hydrogen-bond acceptors (Lipinski definition) is 4. The predicted octanol–water partition coefficient (Wildman–Crippen LogP) is 3.90. The zero-order chi connectivity index (χ0) is 20.4. The molecule has 0 radical (unpaired) electrons. The van der Waals surface area contributed by atoms with Crippen LogP contribution >= 0.6 is 0 Å². The Hall–Kier alpha value is -3.10. The summed E-state index contributed by atoms with van der Waals surface area (Å²) in [4.78, 5) is 14.9. The van der Waals surface area contributed by atoms with Gasteiger partial charge in [0.1, 0.15) is 11.6 Å². The van der Waals surface area contributed by atoms with E-state index in [-0.39, 0.29) is 17.2 Å². The number of benzene rings is 2. The number of aryl methyl sites for hydroxylation is 2. The van der Waals surface area contributed by atoms with Crippen LogP contribution in [0.3, 0.4) is 0 Å². The third-order valence-electron chi connectivity index (χ3n) is 5.88. The van der Waals surface area contributed by atoms with Crippen LogP contribution in [0.4, 0.5) is 5.69 Å². The number of ether oxygens (including phenoxy) is 1. The van der Waals surface area contributed by atoms with Gasteiger partial charge in [-0.15, -0.1) is 0 Å². The van der Waals surface area contributed by atoms with Crippen molar-refractivity contribution in [2.24, 2.45) is 7.05 Å². The second-order valence-electron chi connectivity index (χ2n) is 7.64. The Morgan fingerprint density at radius 2 is 1.79 bits per heavy atom. The van der Waals surface area contributed by atoms with Gasteiger partial charge in [-0.1, -0.05) is 42.5 Å². The third-order valence-corrected chi connectivity index (χ3v) is 5.88. The molecule has 2 heterocycles. The molecule has 0 atom stereocenters. The van der Waals surface area contributed by atoms with E-state index >= 15 is 0 Å². The molecule has 0 bridgehead atoms. The molecule has 0 spiro atoms. The number of fused-ring (bicyclic) bond motifs is 1. The second kappa shape index (κ2) is 8.10. The fraction of sp³-hybridized carbons (Fsp3) is 0.333. The number of hydrogen-bond donors (Lipinski definition) is 0. The van der Waals surface area contributed by atoms with Crippen LogP contribution in [0, 0.1) is 18.3 Å². The number of rotatable bonds is 4. The molecule has 29 heavy (non-hydrogen) atoms. The van der Waals surface area contributed by atoms with E-state index < -0.39 is 0 Å². The van der Waals surface area contributed by atoms with Crippen LogP contribution in [0.2, 0.25) is 0 Å². The highest BCUT2D eigenvalue weighted by molar-refractivity contribution is 5.94. The lowest BCUT2D eigenvalue weighted by Crippen LogP contribution is -2.39. The molecule has 4 rings (SSSR count). The lowest BCUT2D eigenvalue weighted by Gasteiger charge is -2.34. The first-order chi connectivity index (χ1) is 14.1. The largest absolute Gasteiger partial charge is 0.373 e. The highest BCUT2D eigenvalue weighted by atomic mass is 16.5. The molecular weight excluding hydrogens is 362 g/mol. The summed E-state index contributed by atoms with van der Waals surface area (Å²) in [6.45, 7) is 4.26. The molecule has 5 nitrogen and oxygen atoms in total. The zero-order valence-corrected chi connectivity index (χ0v) is 16.9. The molecule has 1 fully saturated rings. The summed E-state index contributed by atoms with van der Waals surface area (Å²) in [5, 5.41) is 10.6. The van der Waals surface area contributed by atoms with Gasteiger partial charge in [-0.25, -0.2) is 0 Å². The van der Waals surface area contributed by atoms with Crippen molar-refractivity contribution in [2.45, 2.75) is 32.5 Å². The van der Waals surface area contributed by atoms with Crippen molar-refractivity contribution in [1.82, 2.24) is 4.57 Å². The molecule has 3 aromatic rings. The number of anilines is 1. The van der Waals surface area contributed by atoms with Crippen LogP contribution in [0.15, 0.2) is 53.3 Å². The molecule has 5 heteroatoms. The fourth-order valence-electron chi connectivity index (χ4n) is 4.13. The molecule has 0 N–H and O–H groups in total. The summed E-state index contributed by atoms with van der Waals surface area (Å²) >= 11 is 0. The maximum absolute atomic E-state index is 12.7. The number of aromatic nitrogens is 1. The standard InChI is InChI=1S/C24H25N3O2/c1-17-7-3-4-8-18(17)16-29-19-11-13-27(14-12-19)23-20-9-5-6-10-22(20)26(2)24(28)21(23)15-25/h3-10,19H,11-14,16H2,1-2H3. The second-order valence-corrected chi connectivity index (χ2v) is 7.64. The van der Waals surface area contributed by atoms with Gasteiger partial charge < -0.3 is 14.2 Å². The fourth-order valence-corrected chi connectivity index (χ4v) is 4.13. The molecule has 1 saturated heterocycles. The van der Waals surface area contributed by atoms with E-state index in [4.69, 9.17) is 4.74 Å². The first kappa shape index (κ1) is 19.2. The number of para-hydroxylation sites is 1. The van der Waals surface area contributed by atoms with Gasteiger partial charge in [0.15, 0.2) is 0 Å². The Labute approximate surface area is 170 Å². The van der Waals surface area contributed by atoms with E-state index in [1.807, 2.05) is 36.4 Å². The van der Waals surface area contributed by atoms with Crippen LogP contribution in [0.5, 0.6) is 0 Å². The normalized spacial score (nSPS) is 14.9. The van der Waals surface area contributed by atoms with Crippen molar-refractivity contribution >= 4 is 16.6 Å². The van der Waals surface area contributed by atoms with Crippen molar-refractivity contribution in [3.63, 3.8) is 0 Å². The van der Waals surface area contributed by atoms with E-state index in [1.54, 1.807) is 11.6 Å². The SMILES string of the molecule is Cc1ccccc1COC1CCN(c2c(C#N)c(=O)n(C)c3ccccc23)CC1. The summed E-state index contributed by atoms with van der Waals surface area (Å²) in [7, 11) is 1.72. The Morgan fingerprint density at radius 3 is 2.52 bits per heavy atom. The Bertz CT molecular complexity index is 1140. The molecular formula is C24H25N3O2. The highest BCUT2D eigenvalue weighted by Gasteiger charge is 2.25. The minimum atomic E-state index is -0.237. The monoisotopic (exact) mass is 387 g/mol. The van der Waals surface area contributed by atoms with Crippen LogP contribution in [-0.2, 0) is 18.4 Å². The van der Waals surface area contributed by atoms with Gasteiger partial charge in [0.25, 0.3) is 5.56 Å². The molecule has 1 aromatic heterocycles. The smallest absolute Gasteiger partial charge is 0.270 e. The summed E-state index contributed by atoms with van der Waals surface area (Å²) in [6, 6.07) is 18.2. The lowest BCUT2D eigenvalue weighted by molar-refractivity contribution is 0.0249. The number of pyridine rings is 1. The number of nitriles is 1. The summed E-state index contributed by atoms with van der Waals surface area (Å²) in [6.07, 6.45) is 1.94. The van der Waals surface area contributed by atoms with Crippen LogP contribution < -0.4 is 10.5 Å². The Kier molecular flexibility index (Phi) is 5.37.